The van der Waals surface area contributed by atoms with Crippen LogP contribution in [0.5, 0.6) is 11.5 Å². The number of aromatic nitrogens is 1. The summed E-state index contributed by atoms with van der Waals surface area (Å²) in [6, 6.07) is 13.9. The van der Waals surface area contributed by atoms with Crippen LogP contribution in [0.15, 0.2) is 54.6 Å². The Morgan fingerprint density at radius 3 is 2.55 bits per heavy atom. The normalized spacial score (nSPS) is 11.8. The lowest BCUT2D eigenvalue weighted by atomic mass is 9.99. The maximum Gasteiger partial charge on any atom is 0.573 e. The van der Waals surface area contributed by atoms with Crippen LogP contribution in [0.25, 0.3) is 21.8 Å². The second-order valence-electron chi connectivity index (χ2n) is 6.58. The fraction of sp³-hybridized carbons (Fsp3) is 0.0952. The third-order valence-corrected chi connectivity index (χ3v) is 4.64. The van der Waals surface area contributed by atoms with Crippen molar-refractivity contribution in [1.82, 2.24) is 4.98 Å². The molecular formula is C21H15F3N2O3. The van der Waals surface area contributed by atoms with Crippen LogP contribution in [0.3, 0.4) is 0 Å². The predicted molar refractivity (Wildman–Crippen MR) is 102 cm³/mol. The minimum Gasteiger partial charge on any atom is -0.507 e. The zero-order valence-electron chi connectivity index (χ0n) is 14.9. The summed E-state index contributed by atoms with van der Waals surface area (Å²) >= 11 is 0. The van der Waals surface area contributed by atoms with E-state index in [0.29, 0.717) is 27.4 Å². The number of nitrogens with two attached hydrogens (primary N) is 1. The van der Waals surface area contributed by atoms with E-state index < -0.39 is 12.3 Å². The quantitative estimate of drug-likeness (QED) is 0.467. The minimum absolute atomic E-state index is 0.0298. The summed E-state index contributed by atoms with van der Waals surface area (Å²) in [6.07, 6.45) is -4.49. The van der Waals surface area contributed by atoms with Gasteiger partial charge >= 0.3 is 6.36 Å². The molecule has 0 unspecified atom stereocenters. The van der Waals surface area contributed by atoms with E-state index in [1.54, 1.807) is 30.3 Å². The Balaban J connectivity index is 1.83. The van der Waals surface area contributed by atoms with Crippen LogP contribution in [0.1, 0.15) is 21.5 Å². The molecule has 4 aromatic rings. The summed E-state index contributed by atoms with van der Waals surface area (Å²) in [6.45, 7) is 0. The first-order valence-corrected chi connectivity index (χ1v) is 8.62. The van der Waals surface area contributed by atoms with Gasteiger partial charge in [0.15, 0.2) is 0 Å². The zero-order valence-corrected chi connectivity index (χ0v) is 14.9. The Bertz CT molecular complexity index is 1250. The molecule has 4 rings (SSSR count). The van der Waals surface area contributed by atoms with Gasteiger partial charge in [-0.3, -0.25) is 4.79 Å². The van der Waals surface area contributed by atoms with E-state index in [2.05, 4.69) is 9.72 Å². The maximum atomic E-state index is 12.5. The van der Waals surface area contributed by atoms with Crippen LogP contribution in [0.2, 0.25) is 0 Å². The number of carbonyl (C=O) groups excluding carboxylic acids is 1. The molecule has 0 aliphatic rings. The average Bonchev–Trinajstić information content (AvgIpc) is 3.03. The van der Waals surface area contributed by atoms with Crippen molar-refractivity contribution in [1.29, 1.82) is 0 Å². The van der Waals surface area contributed by atoms with Crippen molar-refractivity contribution in [3.05, 3.63) is 71.3 Å². The van der Waals surface area contributed by atoms with E-state index in [-0.39, 0.29) is 23.5 Å². The van der Waals surface area contributed by atoms with Crippen molar-refractivity contribution in [3.8, 4) is 11.5 Å². The molecule has 0 saturated carbocycles. The Kier molecular flexibility index (Phi) is 4.34. The number of phenolic OH excluding ortho intramolecular Hbond substituents is 1. The van der Waals surface area contributed by atoms with Gasteiger partial charge in [0.05, 0.1) is 10.9 Å². The Morgan fingerprint density at radius 2 is 1.83 bits per heavy atom. The molecule has 8 heteroatoms. The van der Waals surface area contributed by atoms with Gasteiger partial charge in [-0.2, -0.15) is 0 Å². The van der Waals surface area contributed by atoms with Crippen LogP contribution < -0.4 is 10.5 Å². The third kappa shape index (κ3) is 3.56. The molecule has 1 heterocycles. The zero-order chi connectivity index (χ0) is 20.8. The van der Waals surface area contributed by atoms with E-state index in [0.717, 1.165) is 5.56 Å². The molecule has 0 saturated heterocycles. The van der Waals surface area contributed by atoms with E-state index in [4.69, 9.17) is 5.73 Å². The van der Waals surface area contributed by atoms with Crippen molar-refractivity contribution in [2.24, 2.45) is 5.73 Å². The number of aromatic hydroxyl groups is 1. The fourth-order valence-electron chi connectivity index (χ4n) is 3.52. The van der Waals surface area contributed by atoms with Gasteiger partial charge < -0.3 is 20.6 Å². The van der Waals surface area contributed by atoms with E-state index >= 15 is 0 Å². The van der Waals surface area contributed by atoms with Gasteiger partial charge in [-0.25, -0.2) is 0 Å². The fourth-order valence-corrected chi connectivity index (χ4v) is 3.52. The molecule has 0 spiro atoms. The SMILES string of the molecule is NC(=O)c1cccc2[nH]c3c(Cc4cccc(OC(F)(F)F)c4)ccc(O)c3c12. The number of nitrogens with one attached hydrogen (secondary N) is 1. The highest BCUT2D eigenvalue weighted by molar-refractivity contribution is 6.19. The summed E-state index contributed by atoms with van der Waals surface area (Å²) in [5, 5.41) is 11.4. The lowest BCUT2D eigenvalue weighted by Gasteiger charge is -2.11. The second-order valence-corrected chi connectivity index (χ2v) is 6.58. The highest BCUT2D eigenvalue weighted by Crippen LogP contribution is 2.37. The molecule has 0 bridgehead atoms. The number of carbonyl (C=O) groups is 1. The molecule has 5 nitrogen and oxygen atoms in total. The largest absolute Gasteiger partial charge is 0.573 e. The number of ether oxygens (including phenoxy) is 1. The van der Waals surface area contributed by atoms with Gasteiger partial charge in [-0.15, -0.1) is 13.2 Å². The van der Waals surface area contributed by atoms with Crippen LogP contribution in [-0.4, -0.2) is 22.4 Å². The number of aromatic amines is 1. The molecule has 1 aromatic heterocycles. The van der Waals surface area contributed by atoms with Crippen molar-refractivity contribution >= 4 is 27.7 Å². The smallest absolute Gasteiger partial charge is 0.507 e. The Labute approximate surface area is 162 Å². The van der Waals surface area contributed by atoms with Crippen molar-refractivity contribution < 1.29 is 27.8 Å². The minimum atomic E-state index is -4.77. The molecule has 0 aliphatic heterocycles. The van der Waals surface area contributed by atoms with Crippen LogP contribution >= 0.6 is 0 Å². The lowest BCUT2D eigenvalue weighted by molar-refractivity contribution is -0.274. The first kappa shape index (κ1) is 18.7. The molecular weight excluding hydrogens is 385 g/mol. The summed E-state index contributed by atoms with van der Waals surface area (Å²) in [7, 11) is 0. The molecule has 148 valence electrons. The van der Waals surface area contributed by atoms with Crippen LogP contribution in [0.4, 0.5) is 13.2 Å². The average molecular weight is 400 g/mol. The van der Waals surface area contributed by atoms with Crippen molar-refractivity contribution in [2.75, 3.05) is 0 Å². The number of phenols is 1. The number of alkyl halides is 3. The molecule has 0 fully saturated rings. The number of hydrogen-bond donors (Lipinski definition) is 3. The molecule has 1 amide bonds. The van der Waals surface area contributed by atoms with Gasteiger partial charge in [0, 0.05) is 16.5 Å². The van der Waals surface area contributed by atoms with E-state index in [1.165, 1.54) is 24.3 Å². The highest BCUT2D eigenvalue weighted by atomic mass is 19.4. The molecule has 0 radical (unpaired) electrons. The summed E-state index contributed by atoms with van der Waals surface area (Å²) < 4.78 is 41.4. The summed E-state index contributed by atoms with van der Waals surface area (Å²) in [5.41, 5.74) is 8.25. The number of halogens is 3. The number of hydrogen-bond acceptors (Lipinski definition) is 3. The Morgan fingerprint density at radius 1 is 1.07 bits per heavy atom. The van der Waals surface area contributed by atoms with E-state index in [9.17, 15) is 23.1 Å². The van der Waals surface area contributed by atoms with Gasteiger partial charge in [-0.1, -0.05) is 24.3 Å². The molecule has 3 aromatic carbocycles. The number of amides is 1. The van der Waals surface area contributed by atoms with Crippen molar-refractivity contribution in [3.63, 3.8) is 0 Å². The number of H-pyrrole nitrogens is 1. The van der Waals surface area contributed by atoms with Gasteiger partial charge in [0.25, 0.3) is 0 Å². The number of primary amides is 1. The van der Waals surface area contributed by atoms with Gasteiger partial charge in [-0.05, 0) is 47.9 Å². The number of benzene rings is 3. The molecule has 4 N–H and O–H groups in total. The van der Waals surface area contributed by atoms with Gasteiger partial charge in [0.2, 0.25) is 5.91 Å². The maximum absolute atomic E-state index is 12.5. The number of rotatable bonds is 4. The Hall–Kier alpha value is -3.68. The summed E-state index contributed by atoms with van der Waals surface area (Å²) in [5.74, 6) is -0.964. The standard InChI is InChI=1S/C21H15F3N2O3/c22-21(23,24)29-13-4-1-3-11(10-13)9-12-7-8-16(27)18-17-14(20(25)28)5-2-6-15(17)26-19(12)18/h1-8,10,26-27H,9H2,(H2,25,28). The molecule has 0 atom stereocenters. The van der Waals surface area contributed by atoms with Crippen molar-refractivity contribution in [2.45, 2.75) is 12.8 Å². The third-order valence-electron chi connectivity index (χ3n) is 4.64. The lowest BCUT2D eigenvalue weighted by Crippen LogP contribution is -2.17. The predicted octanol–water partition coefficient (Wildman–Crippen LogP) is 4.62. The first-order valence-electron chi connectivity index (χ1n) is 8.62. The highest BCUT2D eigenvalue weighted by Gasteiger charge is 2.31. The number of fused-ring (bicyclic) bond motifs is 3. The van der Waals surface area contributed by atoms with Crippen LogP contribution in [-0.2, 0) is 6.42 Å². The summed E-state index contributed by atoms with van der Waals surface area (Å²) in [4.78, 5) is 15.0. The first-order chi connectivity index (χ1) is 13.7. The molecule has 29 heavy (non-hydrogen) atoms. The van der Waals surface area contributed by atoms with E-state index in [1.807, 2.05) is 0 Å². The topological polar surface area (TPSA) is 88.3 Å². The van der Waals surface area contributed by atoms with Gasteiger partial charge in [0.1, 0.15) is 11.5 Å². The monoisotopic (exact) mass is 400 g/mol. The molecule has 0 aliphatic carbocycles. The second kappa shape index (κ2) is 6.73. The van der Waals surface area contributed by atoms with Crippen LogP contribution in [0, 0.1) is 0 Å².